The molecule has 0 aliphatic carbocycles. The van der Waals surface area contributed by atoms with Gasteiger partial charge in [0.1, 0.15) is 12.7 Å². The lowest BCUT2D eigenvalue weighted by Gasteiger charge is -2.45. The molecule has 1 aliphatic rings. The second kappa shape index (κ2) is 13.0. The average molecular weight is 579 g/mol. The van der Waals surface area contributed by atoms with Crippen molar-refractivity contribution in [3.63, 3.8) is 0 Å². The maximum Gasteiger partial charge on any atom is 0.249 e. The highest BCUT2D eigenvalue weighted by Gasteiger charge is 2.42. The minimum absolute atomic E-state index is 0.0644. The van der Waals surface area contributed by atoms with Gasteiger partial charge in [0.2, 0.25) is 5.91 Å². The number of amides is 1. The van der Waals surface area contributed by atoms with Crippen LogP contribution in [0.4, 0.5) is 0 Å². The molecule has 0 spiro atoms. The quantitative estimate of drug-likeness (QED) is 0.253. The van der Waals surface area contributed by atoms with E-state index in [-0.39, 0.29) is 18.6 Å². The van der Waals surface area contributed by atoms with Crippen molar-refractivity contribution in [3.05, 3.63) is 92.4 Å². The van der Waals surface area contributed by atoms with Gasteiger partial charge in [-0.2, -0.15) is 0 Å². The molecule has 4 rings (SSSR count). The lowest BCUT2D eigenvalue weighted by molar-refractivity contribution is -0.166. The van der Waals surface area contributed by atoms with Crippen molar-refractivity contribution in [2.24, 2.45) is 0 Å². The van der Waals surface area contributed by atoms with Crippen LogP contribution in [-0.2, 0) is 20.9 Å². The van der Waals surface area contributed by atoms with Crippen molar-refractivity contribution in [2.45, 2.75) is 38.1 Å². The lowest BCUT2D eigenvalue weighted by atomic mass is 9.91. The van der Waals surface area contributed by atoms with Crippen LogP contribution in [0.5, 0.6) is 11.5 Å². The van der Waals surface area contributed by atoms with Crippen LogP contribution in [0.2, 0.25) is 15.1 Å². The molecule has 0 unspecified atom stereocenters. The van der Waals surface area contributed by atoms with E-state index in [4.69, 9.17) is 53.8 Å². The van der Waals surface area contributed by atoms with Crippen molar-refractivity contribution in [2.75, 3.05) is 27.4 Å². The summed E-state index contributed by atoms with van der Waals surface area (Å²) in [6, 6.07) is 17.8. The molecule has 0 saturated carbocycles. The summed E-state index contributed by atoms with van der Waals surface area (Å²) < 4.78 is 23.0. The molecule has 3 aromatic carbocycles. The molecule has 1 fully saturated rings. The fraction of sp³-hybridized carbons (Fsp3) is 0.345. The predicted octanol–water partition coefficient (Wildman–Crippen LogP) is 7.30. The predicted molar refractivity (Wildman–Crippen MR) is 149 cm³/mol. The number of nitrogens with zero attached hydrogens (tertiary/aromatic N) is 1. The van der Waals surface area contributed by atoms with Gasteiger partial charge < -0.3 is 23.8 Å². The largest absolute Gasteiger partial charge is 0.493 e. The van der Waals surface area contributed by atoms with Crippen LogP contribution >= 0.6 is 34.8 Å². The highest BCUT2D eigenvalue weighted by atomic mass is 35.5. The van der Waals surface area contributed by atoms with Crippen LogP contribution in [0.1, 0.15) is 42.2 Å². The zero-order valence-electron chi connectivity index (χ0n) is 21.5. The molecule has 1 heterocycles. The molecule has 0 N–H and O–H groups in total. The summed E-state index contributed by atoms with van der Waals surface area (Å²) in [6.07, 6.45) is 0.204. The van der Waals surface area contributed by atoms with Crippen molar-refractivity contribution < 1.29 is 23.7 Å². The van der Waals surface area contributed by atoms with Crippen molar-refractivity contribution in [1.82, 2.24) is 4.90 Å². The maximum atomic E-state index is 13.4. The number of rotatable bonds is 10. The van der Waals surface area contributed by atoms with Gasteiger partial charge in [-0.05, 0) is 65.6 Å². The summed E-state index contributed by atoms with van der Waals surface area (Å²) in [4.78, 5) is 15.3. The summed E-state index contributed by atoms with van der Waals surface area (Å²) in [5.41, 5.74) is 2.62. The number of methoxy groups -OCH3 is 2. The van der Waals surface area contributed by atoms with E-state index in [2.05, 4.69) is 0 Å². The first-order valence-electron chi connectivity index (χ1n) is 12.3. The highest BCUT2D eigenvalue weighted by molar-refractivity contribution is 6.34. The smallest absolute Gasteiger partial charge is 0.249 e. The number of hydrogen-bond acceptors (Lipinski definition) is 5. The van der Waals surface area contributed by atoms with Gasteiger partial charge in [0.05, 0.1) is 39.5 Å². The first-order valence-corrected chi connectivity index (χ1v) is 13.4. The van der Waals surface area contributed by atoms with E-state index >= 15 is 0 Å². The van der Waals surface area contributed by atoms with Crippen molar-refractivity contribution in [3.8, 4) is 11.5 Å². The molecular weight excluding hydrogens is 549 g/mol. The molecule has 9 heteroatoms. The summed E-state index contributed by atoms with van der Waals surface area (Å²) in [5, 5.41) is 1.61. The third-order valence-electron chi connectivity index (χ3n) is 6.58. The Morgan fingerprint density at radius 1 is 0.895 bits per heavy atom. The number of carbonyl (C=O) groups excluding carboxylic acids is 1. The van der Waals surface area contributed by atoms with Gasteiger partial charge in [-0.3, -0.25) is 4.79 Å². The second-order valence-corrected chi connectivity index (χ2v) is 10.3. The summed E-state index contributed by atoms with van der Waals surface area (Å²) in [6.45, 7) is 2.67. The van der Waals surface area contributed by atoms with Gasteiger partial charge in [-0.15, -0.1) is 0 Å². The Morgan fingerprint density at radius 3 is 2.21 bits per heavy atom. The normalized spacial score (nSPS) is 18.4. The van der Waals surface area contributed by atoms with Crippen LogP contribution in [-0.4, -0.2) is 44.3 Å². The fourth-order valence-corrected chi connectivity index (χ4v) is 5.42. The zero-order valence-corrected chi connectivity index (χ0v) is 23.7. The number of hydrogen-bond donors (Lipinski definition) is 0. The summed E-state index contributed by atoms with van der Waals surface area (Å²) in [5.74, 6) is 1.17. The molecule has 3 aromatic rings. The van der Waals surface area contributed by atoms with E-state index in [0.717, 1.165) is 16.7 Å². The molecule has 38 heavy (non-hydrogen) atoms. The molecule has 1 aliphatic heterocycles. The molecule has 1 amide bonds. The standard InChI is InChI=1S/C29H30Cl3NO5/c1-4-24(16-37-15-18-5-10-25(35-2)26(11-18)36-3)33-27(34)17-38-29(20-12-22(31)14-23(32)13-20)28(33)19-6-8-21(30)9-7-19/h5-14,24,28-29H,4,15-17H2,1-3H3/t24-,28+,29+/m0/s1. The Balaban J connectivity index is 1.61. The van der Waals surface area contributed by atoms with Crippen LogP contribution in [0, 0.1) is 0 Å². The topological polar surface area (TPSA) is 57.2 Å². The molecule has 6 nitrogen and oxygen atoms in total. The molecule has 0 bridgehead atoms. The van der Waals surface area contributed by atoms with E-state index in [9.17, 15) is 4.79 Å². The SMILES string of the molecule is CC[C@@H](COCc1ccc(OC)c(OC)c1)N1C(=O)CO[C@H](c2cc(Cl)cc(Cl)c2)[C@H]1c1ccc(Cl)cc1. The van der Waals surface area contributed by atoms with Crippen molar-refractivity contribution >= 4 is 40.7 Å². The van der Waals surface area contributed by atoms with Gasteiger partial charge in [-0.1, -0.05) is 59.9 Å². The van der Waals surface area contributed by atoms with Crippen LogP contribution in [0.3, 0.4) is 0 Å². The van der Waals surface area contributed by atoms with Gasteiger partial charge >= 0.3 is 0 Å². The van der Waals surface area contributed by atoms with E-state index in [1.807, 2.05) is 66.4 Å². The summed E-state index contributed by atoms with van der Waals surface area (Å²) >= 11 is 18.8. The Morgan fingerprint density at radius 2 is 1.58 bits per heavy atom. The molecule has 0 radical (unpaired) electrons. The Kier molecular flexibility index (Phi) is 9.80. The Hall–Kier alpha value is -2.48. The summed E-state index contributed by atoms with van der Waals surface area (Å²) in [7, 11) is 3.20. The molecule has 3 atom stereocenters. The maximum absolute atomic E-state index is 13.4. The number of carbonyl (C=O) groups is 1. The van der Waals surface area contributed by atoms with Crippen LogP contribution < -0.4 is 9.47 Å². The minimum atomic E-state index is -0.482. The Labute approximate surface area is 238 Å². The molecule has 1 saturated heterocycles. The first kappa shape index (κ1) is 28.5. The average Bonchev–Trinajstić information content (AvgIpc) is 2.91. The highest BCUT2D eigenvalue weighted by Crippen LogP contribution is 2.43. The minimum Gasteiger partial charge on any atom is -0.493 e. The van der Waals surface area contributed by atoms with Gasteiger partial charge in [0, 0.05) is 15.1 Å². The van der Waals surface area contributed by atoms with E-state index in [1.54, 1.807) is 20.3 Å². The molecule has 0 aromatic heterocycles. The van der Waals surface area contributed by atoms with Crippen LogP contribution in [0.25, 0.3) is 0 Å². The van der Waals surface area contributed by atoms with E-state index in [1.165, 1.54) is 0 Å². The molecule has 202 valence electrons. The van der Waals surface area contributed by atoms with Crippen molar-refractivity contribution in [1.29, 1.82) is 0 Å². The number of ether oxygens (including phenoxy) is 4. The fourth-order valence-electron chi connectivity index (χ4n) is 4.75. The third kappa shape index (κ3) is 6.56. The number of halogens is 3. The third-order valence-corrected chi connectivity index (χ3v) is 7.27. The number of benzene rings is 3. The molecular formula is C29H30Cl3NO5. The second-order valence-electron chi connectivity index (χ2n) is 9.00. The van der Waals surface area contributed by atoms with Gasteiger partial charge in [-0.25, -0.2) is 0 Å². The van der Waals surface area contributed by atoms with Crippen LogP contribution in [0.15, 0.2) is 60.7 Å². The van der Waals surface area contributed by atoms with Gasteiger partial charge in [0.25, 0.3) is 0 Å². The lowest BCUT2D eigenvalue weighted by Crippen LogP contribution is -2.52. The monoisotopic (exact) mass is 577 g/mol. The zero-order chi connectivity index (χ0) is 27.2. The Bertz CT molecular complexity index is 1230. The number of morpholine rings is 1. The van der Waals surface area contributed by atoms with E-state index < -0.39 is 12.1 Å². The van der Waals surface area contributed by atoms with Gasteiger partial charge in [0.15, 0.2) is 11.5 Å². The first-order chi connectivity index (χ1) is 18.3. The van der Waals surface area contributed by atoms with E-state index in [0.29, 0.717) is 46.2 Å².